The van der Waals surface area contributed by atoms with Crippen LogP contribution in [0.3, 0.4) is 0 Å². The summed E-state index contributed by atoms with van der Waals surface area (Å²) in [4.78, 5) is 23.8. The van der Waals surface area contributed by atoms with Crippen molar-refractivity contribution in [2.24, 2.45) is 5.92 Å². The van der Waals surface area contributed by atoms with Crippen LogP contribution in [0.2, 0.25) is 0 Å². The highest BCUT2D eigenvalue weighted by Gasteiger charge is 2.43. The minimum absolute atomic E-state index is 0.0540. The molecule has 2 unspecified atom stereocenters. The molecule has 0 aliphatic heterocycles. The molecule has 0 radical (unpaired) electrons. The summed E-state index contributed by atoms with van der Waals surface area (Å²) in [5.74, 6) is -3.78. The minimum atomic E-state index is -3.83. The Balaban J connectivity index is 2.05. The van der Waals surface area contributed by atoms with Crippen LogP contribution < -0.4 is 4.74 Å². The van der Waals surface area contributed by atoms with Gasteiger partial charge in [0.2, 0.25) is 0 Å². The highest BCUT2D eigenvalue weighted by atomic mass is 32.2. The summed E-state index contributed by atoms with van der Waals surface area (Å²) in [5, 5.41) is 9.25. The first-order valence-electron chi connectivity index (χ1n) is 9.31. The Kier molecular flexibility index (Phi) is 7.18. The number of hydrogen-bond donors (Lipinski definition) is 1. The van der Waals surface area contributed by atoms with Gasteiger partial charge in [0.05, 0.1) is 7.11 Å². The van der Waals surface area contributed by atoms with E-state index in [9.17, 15) is 31.9 Å². The molecule has 0 heterocycles. The topological polar surface area (TPSA) is 97.7 Å². The molecular formula is C21H24F2O6S. The van der Waals surface area contributed by atoms with Crippen molar-refractivity contribution in [2.75, 3.05) is 13.4 Å². The predicted octanol–water partition coefficient (Wildman–Crippen LogP) is 3.72. The SMILES string of the molecule is COc1ccc(C2=CC(=O)C(CCCCC(C)(C(=O)O)S(C)(=O)=O)C=C2F)c(F)c1. The number of methoxy groups -OCH3 is 1. The van der Waals surface area contributed by atoms with Gasteiger partial charge in [0, 0.05) is 29.4 Å². The van der Waals surface area contributed by atoms with E-state index in [2.05, 4.69) is 0 Å². The van der Waals surface area contributed by atoms with Crippen molar-refractivity contribution in [3.8, 4) is 5.75 Å². The van der Waals surface area contributed by atoms with Gasteiger partial charge in [-0.15, -0.1) is 0 Å². The number of ether oxygens (including phenoxy) is 1. The number of halogens is 2. The Morgan fingerprint density at radius 1 is 1.27 bits per heavy atom. The van der Waals surface area contributed by atoms with Crippen molar-refractivity contribution in [1.82, 2.24) is 0 Å². The number of carboxylic acid groups (broad SMARTS) is 1. The quantitative estimate of drug-likeness (QED) is 0.586. The molecule has 1 aliphatic carbocycles. The Bertz CT molecular complexity index is 1010. The molecule has 2 atom stereocenters. The monoisotopic (exact) mass is 442 g/mol. The minimum Gasteiger partial charge on any atom is -0.497 e. The average Bonchev–Trinajstić information content (AvgIpc) is 2.66. The van der Waals surface area contributed by atoms with E-state index in [1.807, 2.05) is 0 Å². The summed E-state index contributed by atoms with van der Waals surface area (Å²) in [6.45, 7) is 1.15. The largest absolute Gasteiger partial charge is 0.497 e. The van der Waals surface area contributed by atoms with Crippen molar-refractivity contribution in [1.29, 1.82) is 0 Å². The molecule has 1 aromatic carbocycles. The van der Waals surface area contributed by atoms with Crippen molar-refractivity contribution in [3.63, 3.8) is 0 Å². The van der Waals surface area contributed by atoms with Crippen molar-refractivity contribution in [3.05, 3.63) is 47.6 Å². The fourth-order valence-corrected chi connectivity index (χ4v) is 4.05. The molecule has 6 nitrogen and oxygen atoms in total. The zero-order valence-electron chi connectivity index (χ0n) is 16.9. The molecule has 1 aliphatic rings. The Morgan fingerprint density at radius 2 is 1.93 bits per heavy atom. The van der Waals surface area contributed by atoms with Gasteiger partial charge >= 0.3 is 5.97 Å². The third-order valence-corrected chi connectivity index (χ3v) is 7.43. The lowest BCUT2D eigenvalue weighted by atomic mass is 9.87. The van der Waals surface area contributed by atoms with E-state index in [1.165, 1.54) is 19.2 Å². The Labute approximate surface area is 174 Å². The molecule has 0 amide bonds. The van der Waals surface area contributed by atoms with Gasteiger partial charge in [0.15, 0.2) is 20.4 Å². The van der Waals surface area contributed by atoms with E-state index in [0.29, 0.717) is 6.42 Å². The zero-order valence-corrected chi connectivity index (χ0v) is 17.8. The Morgan fingerprint density at radius 3 is 2.47 bits per heavy atom. The summed E-state index contributed by atoms with van der Waals surface area (Å²) >= 11 is 0. The standard InChI is InChI=1S/C21H24F2O6S/c1-21(20(25)26,30(3,27)28)9-5-4-6-13-10-17(22)16(12-19(13)24)15-8-7-14(29-2)11-18(15)23/h7-8,10-13H,4-6,9H2,1-3H3,(H,25,26). The molecule has 0 saturated carbocycles. The van der Waals surface area contributed by atoms with E-state index in [-0.39, 0.29) is 36.1 Å². The number of hydrogen-bond acceptors (Lipinski definition) is 5. The lowest BCUT2D eigenvalue weighted by Gasteiger charge is -2.23. The second-order valence-corrected chi connectivity index (χ2v) is 9.93. The van der Waals surface area contributed by atoms with Gasteiger partial charge in [-0.3, -0.25) is 9.59 Å². The summed E-state index contributed by atoms with van der Waals surface area (Å²) in [6.07, 6.45) is 3.72. The molecule has 0 spiro atoms. The molecule has 1 N–H and O–H groups in total. The first-order valence-corrected chi connectivity index (χ1v) is 11.2. The molecule has 30 heavy (non-hydrogen) atoms. The van der Waals surface area contributed by atoms with Crippen molar-refractivity contribution >= 4 is 27.2 Å². The van der Waals surface area contributed by atoms with Crippen molar-refractivity contribution in [2.45, 2.75) is 37.4 Å². The van der Waals surface area contributed by atoms with Gasteiger partial charge in [-0.05, 0) is 44.1 Å². The van der Waals surface area contributed by atoms with Crippen LogP contribution in [-0.4, -0.2) is 43.4 Å². The lowest BCUT2D eigenvalue weighted by Crippen LogP contribution is -2.42. The number of benzene rings is 1. The van der Waals surface area contributed by atoms with E-state index in [1.54, 1.807) is 0 Å². The van der Waals surface area contributed by atoms with E-state index < -0.39 is 43.9 Å². The maximum Gasteiger partial charge on any atom is 0.324 e. The highest BCUT2D eigenvalue weighted by Crippen LogP contribution is 2.34. The van der Waals surface area contributed by atoms with Gasteiger partial charge in [-0.25, -0.2) is 17.2 Å². The number of rotatable bonds is 9. The third kappa shape index (κ3) is 4.95. The summed E-state index contributed by atoms with van der Waals surface area (Å²) < 4.78 is 55.3. The van der Waals surface area contributed by atoms with Crippen molar-refractivity contribution < 1.29 is 36.6 Å². The number of carbonyl (C=O) groups excluding carboxylic acids is 1. The highest BCUT2D eigenvalue weighted by molar-refractivity contribution is 7.92. The van der Waals surface area contributed by atoms with Crippen LogP contribution >= 0.6 is 0 Å². The maximum atomic E-state index is 14.6. The van der Waals surface area contributed by atoms with Crippen LogP contribution in [0.15, 0.2) is 36.2 Å². The zero-order chi connectivity index (χ0) is 22.7. The van der Waals surface area contributed by atoms with Crippen LogP contribution in [0, 0.1) is 11.7 Å². The normalized spacial score (nSPS) is 19.0. The smallest absolute Gasteiger partial charge is 0.324 e. The fraction of sp³-hybridized carbons (Fsp3) is 0.429. The Hall–Kier alpha value is -2.55. The van der Waals surface area contributed by atoms with Crippen LogP contribution in [0.25, 0.3) is 5.57 Å². The van der Waals surface area contributed by atoms with Gasteiger partial charge in [-0.2, -0.15) is 0 Å². The number of ketones is 1. The molecule has 0 aromatic heterocycles. The summed E-state index contributed by atoms with van der Waals surface area (Å²) in [7, 11) is -2.46. The molecule has 1 aromatic rings. The molecule has 164 valence electrons. The number of sulfone groups is 1. The van der Waals surface area contributed by atoms with Gasteiger partial charge in [0.25, 0.3) is 0 Å². The van der Waals surface area contributed by atoms with E-state index in [0.717, 1.165) is 31.4 Å². The molecule has 9 heteroatoms. The maximum absolute atomic E-state index is 14.6. The van der Waals surface area contributed by atoms with Gasteiger partial charge in [-0.1, -0.05) is 12.8 Å². The third-order valence-electron chi connectivity index (χ3n) is 5.41. The predicted molar refractivity (Wildman–Crippen MR) is 108 cm³/mol. The van der Waals surface area contributed by atoms with Crippen LogP contribution in [-0.2, 0) is 19.4 Å². The number of allylic oxidation sites excluding steroid dienone is 4. The van der Waals surface area contributed by atoms with Crippen LogP contribution in [0.5, 0.6) is 5.75 Å². The summed E-state index contributed by atoms with van der Waals surface area (Å²) in [5.41, 5.74) is -0.200. The molecule has 0 fully saturated rings. The van der Waals surface area contributed by atoms with Crippen LogP contribution in [0.4, 0.5) is 8.78 Å². The average molecular weight is 442 g/mol. The molecule has 0 bridgehead atoms. The molecule has 0 saturated heterocycles. The van der Waals surface area contributed by atoms with E-state index >= 15 is 0 Å². The van der Waals surface area contributed by atoms with Gasteiger partial charge in [0.1, 0.15) is 17.4 Å². The van der Waals surface area contributed by atoms with Crippen LogP contribution in [0.1, 0.15) is 38.2 Å². The molecular weight excluding hydrogens is 418 g/mol. The number of carbonyl (C=O) groups is 2. The first kappa shape index (κ1) is 23.7. The lowest BCUT2D eigenvalue weighted by molar-refractivity contribution is -0.139. The van der Waals surface area contributed by atoms with E-state index in [4.69, 9.17) is 4.74 Å². The molecule has 2 rings (SSSR count). The second-order valence-electron chi connectivity index (χ2n) is 7.48. The van der Waals surface area contributed by atoms with Gasteiger partial charge < -0.3 is 9.84 Å². The first-order chi connectivity index (χ1) is 13.9. The number of aliphatic carboxylic acids is 1. The number of unbranched alkanes of at least 4 members (excludes halogenated alkanes) is 1. The number of carboxylic acids is 1. The summed E-state index contributed by atoms with van der Waals surface area (Å²) in [6, 6.07) is 3.89. The fourth-order valence-electron chi connectivity index (χ4n) is 3.22. The second kappa shape index (κ2) is 9.07.